The van der Waals surface area contributed by atoms with Gasteiger partial charge in [0.15, 0.2) is 0 Å². The molecule has 1 heterocycles. The van der Waals surface area contributed by atoms with Gasteiger partial charge in [0.2, 0.25) is 11.8 Å². The second kappa shape index (κ2) is 12.3. The molecule has 38 heavy (non-hydrogen) atoms. The third kappa shape index (κ3) is 6.25. The molecule has 206 valence electrons. The van der Waals surface area contributed by atoms with Crippen molar-refractivity contribution in [2.75, 3.05) is 19.5 Å². The molecule has 1 saturated heterocycles. The van der Waals surface area contributed by atoms with Crippen LogP contribution in [0.3, 0.4) is 0 Å². The number of urea groups is 1. The highest BCUT2D eigenvalue weighted by Crippen LogP contribution is 2.30. The third-order valence-electron chi connectivity index (χ3n) is 7.66. The first-order valence-corrected chi connectivity index (χ1v) is 13.3. The van der Waals surface area contributed by atoms with Crippen LogP contribution in [0.4, 0.5) is 10.5 Å². The number of rotatable bonds is 6. The molecule has 4 amide bonds. The van der Waals surface area contributed by atoms with Crippen LogP contribution >= 0.6 is 0 Å². The van der Waals surface area contributed by atoms with Crippen molar-refractivity contribution >= 4 is 35.5 Å². The van der Waals surface area contributed by atoms with Crippen LogP contribution in [0.2, 0.25) is 0 Å². The van der Waals surface area contributed by atoms with Crippen molar-refractivity contribution in [1.82, 2.24) is 15.5 Å². The number of esters is 2. The molecule has 1 aliphatic heterocycles. The number of nitrogens with one attached hydrogen (secondary N) is 3. The molecule has 11 heteroatoms. The van der Waals surface area contributed by atoms with Gasteiger partial charge in [0.25, 0.3) is 0 Å². The highest BCUT2D eigenvalue weighted by atomic mass is 16.5. The van der Waals surface area contributed by atoms with E-state index in [1.807, 2.05) is 0 Å². The molecule has 3 fully saturated rings. The zero-order valence-electron chi connectivity index (χ0n) is 21.9. The van der Waals surface area contributed by atoms with E-state index in [-0.39, 0.29) is 53.3 Å². The molecular formula is C27H36N4O7. The minimum absolute atomic E-state index is 0.0552. The molecule has 3 N–H and O–H groups in total. The quantitative estimate of drug-likeness (QED) is 0.482. The van der Waals surface area contributed by atoms with Gasteiger partial charge in [0.1, 0.15) is 6.04 Å². The van der Waals surface area contributed by atoms with Gasteiger partial charge in [-0.15, -0.1) is 0 Å². The zero-order chi connectivity index (χ0) is 27.2. The lowest BCUT2D eigenvalue weighted by molar-refractivity contribution is -0.135. The molecular weight excluding hydrogens is 492 g/mol. The molecule has 0 aromatic heterocycles. The lowest BCUT2D eigenvalue weighted by Crippen LogP contribution is -2.69. The predicted octanol–water partition coefficient (Wildman–Crippen LogP) is 2.74. The molecule has 3 aliphatic rings. The molecule has 0 unspecified atom stereocenters. The van der Waals surface area contributed by atoms with E-state index < -0.39 is 23.9 Å². The summed E-state index contributed by atoms with van der Waals surface area (Å²) in [5, 5.41) is 8.82. The molecule has 11 nitrogen and oxygen atoms in total. The first-order chi connectivity index (χ1) is 18.3. The Balaban J connectivity index is 1.54. The number of hydrogen-bond donors (Lipinski definition) is 3. The van der Waals surface area contributed by atoms with Gasteiger partial charge in [-0.3, -0.25) is 9.59 Å². The minimum atomic E-state index is -0.984. The number of amides is 4. The molecule has 1 aromatic carbocycles. The van der Waals surface area contributed by atoms with E-state index in [1.54, 1.807) is 4.90 Å². The van der Waals surface area contributed by atoms with Crippen LogP contribution in [0, 0.1) is 0 Å². The highest BCUT2D eigenvalue weighted by Gasteiger charge is 2.46. The summed E-state index contributed by atoms with van der Waals surface area (Å²) < 4.78 is 9.49. The summed E-state index contributed by atoms with van der Waals surface area (Å²) in [7, 11) is 2.41. The number of carbonyl (C=O) groups excluding carboxylic acids is 5. The summed E-state index contributed by atoms with van der Waals surface area (Å²) in [6.07, 6.45) is 8.27. The number of anilines is 1. The first-order valence-electron chi connectivity index (χ1n) is 13.3. The highest BCUT2D eigenvalue weighted by molar-refractivity contribution is 6.01. The van der Waals surface area contributed by atoms with Gasteiger partial charge < -0.3 is 30.3 Å². The van der Waals surface area contributed by atoms with Crippen molar-refractivity contribution in [2.45, 2.75) is 88.4 Å². The Morgan fingerprint density at radius 1 is 0.895 bits per heavy atom. The second-order valence-electron chi connectivity index (χ2n) is 10.2. The summed E-state index contributed by atoms with van der Waals surface area (Å²) in [4.78, 5) is 65.6. The van der Waals surface area contributed by atoms with Gasteiger partial charge in [-0.2, -0.15) is 0 Å². The van der Waals surface area contributed by atoms with Crippen molar-refractivity contribution in [3.05, 3.63) is 29.3 Å². The number of fused-ring (bicyclic) bond motifs is 1. The fraction of sp³-hybridized carbons (Fsp3) is 0.593. The molecule has 4 rings (SSSR count). The average Bonchev–Trinajstić information content (AvgIpc) is 2.92. The molecule has 0 radical (unpaired) electrons. The molecule has 2 aliphatic carbocycles. The first kappa shape index (κ1) is 27.4. The Bertz CT molecular complexity index is 1050. The van der Waals surface area contributed by atoms with E-state index in [4.69, 9.17) is 9.47 Å². The van der Waals surface area contributed by atoms with Crippen molar-refractivity contribution in [2.24, 2.45) is 0 Å². The van der Waals surface area contributed by atoms with Crippen LogP contribution in [0.25, 0.3) is 0 Å². The number of methoxy groups -OCH3 is 2. The SMILES string of the molecule is COC(=O)c1cc(NC(=O)C[C@@H]2C(=O)N[C@@H]3CCCC[C@@H]3N2C(=O)NC2CCCCC2)cc(C(=O)OC)c1. The summed E-state index contributed by atoms with van der Waals surface area (Å²) in [6, 6.07) is 2.52. The van der Waals surface area contributed by atoms with E-state index in [2.05, 4.69) is 16.0 Å². The van der Waals surface area contributed by atoms with Crippen LogP contribution < -0.4 is 16.0 Å². The average molecular weight is 529 g/mol. The molecule has 3 atom stereocenters. The molecule has 2 saturated carbocycles. The van der Waals surface area contributed by atoms with Crippen molar-refractivity contribution in [3.8, 4) is 0 Å². The standard InChI is InChI=1S/C27H36N4O7/c1-37-25(34)16-12-17(26(35)38-2)14-19(13-16)28-23(32)15-22-24(33)30-20-10-6-7-11-21(20)31(22)27(36)29-18-8-4-3-5-9-18/h12-14,18,20-22H,3-11,15H2,1-2H3,(H,28,32)(H,29,36)(H,30,33)/t20-,21+,22-/m1/s1. The smallest absolute Gasteiger partial charge is 0.337 e. The van der Waals surface area contributed by atoms with Crippen LogP contribution in [-0.2, 0) is 19.1 Å². The van der Waals surface area contributed by atoms with E-state index in [9.17, 15) is 24.0 Å². The maximum Gasteiger partial charge on any atom is 0.337 e. The Kier molecular flexibility index (Phi) is 8.85. The monoisotopic (exact) mass is 528 g/mol. The summed E-state index contributed by atoms with van der Waals surface area (Å²) in [6.45, 7) is 0. The second-order valence-corrected chi connectivity index (χ2v) is 10.2. The Morgan fingerprint density at radius 2 is 1.50 bits per heavy atom. The largest absolute Gasteiger partial charge is 0.465 e. The number of piperazine rings is 1. The number of benzene rings is 1. The number of hydrogen-bond acceptors (Lipinski definition) is 7. The van der Waals surface area contributed by atoms with Crippen LogP contribution in [0.5, 0.6) is 0 Å². The van der Waals surface area contributed by atoms with Crippen LogP contribution in [0.1, 0.15) is 84.9 Å². The van der Waals surface area contributed by atoms with Crippen molar-refractivity contribution in [3.63, 3.8) is 0 Å². The van der Waals surface area contributed by atoms with Gasteiger partial charge in [-0.05, 0) is 43.9 Å². The fourth-order valence-electron chi connectivity index (χ4n) is 5.79. The topological polar surface area (TPSA) is 143 Å². The predicted molar refractivity (Wildman–Crippen MR) is 138 cm³/mol. The van der Waals surface area contributed by atoms with Gasteiger partial charge in [-0.1, -0.05) is 32.1 Å². The molecule has 1 aromatic rings. The van der Waals surface area contributed by atoms with Crippen LogP contribution in [-0.4, -0.2) is 73.1 Å². The Labute approximate surface area is 222 Å². The van der Waals surface area contributed by atoms with Gasteiger partial charge >= 0.3 is 18.0 Å². The van der Waals surface area contributed by atoms with Gasteiger partial charge in [-0.25, -0.2) is 14.4 Å². The fourth-order valence-corrected chi connectivity index (χ4v) is 5.79. The lowest BCUT2D eigenvalue weighted by atomic mass is 9.85. The third-order valence-corrected chi connectivity index (χ3v) is 7.66. The molecule has 0 bridgehead atoms. The maximum atomic E-state index is 13.5. The Morgan fingerprint density at radius 3 is 2.13 bits per heavy atom. The normalized spacial score (nSPS) is 23.5. The molecule has 0 spiro atoms. The van der Waals surface area contributed by atoms with E-state index in [0.29, 0.717) is 0 Å². The van der Waals surface area contributed by atoms with E-state index in [0.717, 1.165) is 57.8 Å². The van der Waals surface area contributed by atoms with Crippen molar-refractivity contribution in [1.29, 1.82) is 0 Å². The Hall–Kier alpha value is -3.63. The number of ether oxygens (including phenoxy) is 2. The minimum Gasteiger partial charge on any atom is -0.465 e. The van der Waals surface area contributed by atoms with Gasteiger partial charge in [0.05, 0.1) is 37.8 Å². The van der Waals surface area contributed by atoms with Gasteiger partial charge in [0, 0.05) is 17.8 Å². The lowest BCUT2D eigenvalue weighted by Gasteiger charge is -2.48. The van der Waals surface area contributed by atoms with Crippen LogP contribution in [0.15, 0.2) is 18.2 Å². The summed E-state index contributed by atoms with van der Waals surface area (Å²) in [5.41, 5.74) is 0.280. The van der Waals surface area contributed by atoms with E-state index in [1.165, 1.54) is 32.4 Å². The summed E-state index contributed by atoms with van der Waals surface area (Å²) >= 11 is 0. The summed E-state index contributed by atoms with van der Waals surface area (Å²) in [5.74, 6) is -2.27. The van der Waals surface area contributed by atoms with Crippen molar-refractivity contribution < 1.29 is 33.4 Å². The number of nitrogens with zero attached hydrogens (tertiary/aromatic N) is 1. The maximum absolute atomic E-state index is 13.5. The zero-order valence-corrected chi connectivity index (χ0v) is 21.9. The van der Waals surface area contributed by atoms with E-state index >= 15 is 0 Å². The number of carbonyl (C=O) groups is 5.